The average Bonchev–Trinajstić information content (AvgIpc) is 2.54. The Morgan fingerprint density at radius 1 is 0.905 bits per heavy atom. The fourth-order valence-corrected chi connectivity index (χ4v) is 3.11. The first kappa shape index (κ1) is 15.8. The van der Waals surface area contributed by atoms with E-state index in [1.807, 2.05) is 0 Å². The molecular formula is C21H27. The van der Waals surface area contributed by atoms with Gasteiger partial charge >= 0.3 is 0 Å². The van der Waals surface area contributed by atoms with Crippen molar-refractivity contribution in [2.75, 3.05) is 0 Å². The van der Waals surface area contributed by atoms with Gasteiger partial charge in [0.05, 0.1) is 0 Å². The molecule has 0 fully saturated rings. The van der Waals surface area contributed by atoms with Gasteiger partial charge in [-0.25, -0.2) is 0 Å². The standard InChI is InChI=1S/C21H27/c1-4-5-12-18(2)17-21(3,19-13-8-6-9-14-19)20-15-10-7-11-16-20/h6-11,13-18H,4-5,12H2,1-3H3. The summed E-state index contributed by atoms with van der Waals surface area (Å²) < 4.78 is 0. The van der Waals surface area contributed by atoms with Crippen LogP contribution >= 0.6 is 0 Å². The summed E-state index contributed by atoms with van der Waals surface area (Å²) in [5.74, 6) is 0.621. The minimum absolute atomic E-state index is 0.0182. The molecule has 0 saturated carbocycles. The van der Waals surface area contributed by atoms with Gasteiger partial charge in [0.1, 0.15) is 0 Å². The minimum Gasteiger partial charge on any atom is -0.0654 e. The second kappa shape index (κ2) is 7.45. The Kier molecular flexibility index (Phi) is 5.61. The highest BCUT2D eigenvalue weighted by atomic mass is 14.3. The minimum atomic E-state index is -0.0182. The van der Waals surface area contributed by atoms with Crippen molar-refractivity contribution in [2.24, 2.45) is 5.92 Å². The Labute approximate surface area is 130 Å². The molecule has 0 aliphatic carbocycles. The van der Waals surface area contributed by atoms with Gasteiger partial charge < -0.3 is 0 Å². The lowest BCUT2D eigenvalue weighted by molar-refractivity contribution is 0.488. The summed E-state index contributed by atoms with van der Waals surface area (Å²) in [6.07, 6.45) is 6.38. The smallest absolute Gasteiger partial charge is 0.0208 e. The zero-order chi connectivity index (χ0) is 15.1. The van der Waals surface area contributed by atoms with E-state index in [0.29, 0.717) is 5.92 Å². The predicted octanol–water partition coefficient (Wildman–Crippen LogP) is 6.02. The molecule has 0 saturated heterocycles. The summed E-state index contributed by atoms with van der Waals surface area (Å²) in [5, 5.41) is 0. The highest BCUT2D eigenvalue weighted by Gasteiger charge is 2.30. The van der Waals surface area contributed by atoms with Crippen LogP contribution in [0, 0.1) is 12.3 Å². The summed E-state index contributed by atoms with van der Waals surface area (Å²) in [4.78, 5) is 0. The first-order chi connectivity index (χ1) is 10.2. The topological polar surface area (TPSA) is 0 Å². The number of unbranched alkanes of at least 4 members (excludes halogenated alkanes) is 1. The van der Waals surface area contributed by atoms with E-state index in [1.54, 1.807) is 0 Å². The van der Waals surface area contributed by atoms with Gasteiger partial charge in [0.15, 0.2) is 0 Å². The van der Waals surface area contributed by atoms with Crippen LogP contribution in [0.2, 0.25) is 0 Å². The molecule has 0 heteroatoms. The maximum Gasteiger partial charge on any atom is 0.0208 e. The van der Waals surface area contributed by atoms with Crippen LogP contribution in [-0.4, -0.2) is 0 Å². The molecule has 0 aliphatic rings. The molecule has 1 atom stereocenters. The second-order valence-corrected chi connectivity index (χ2v) is 6.22. The Bertz CT molecular complexity index is 473. The number of rotatable bonds is 7. The van der Waals surface area contributed by atoms with Crippen LogP contribution in [-0.2, 0) is 5.41 Å². The molecule has 0 nitrogen and oxygen atoms in total. The van der Waals surface area contributed by atoms with Gasteiger partial charge in [-0.2, -0.15) is 0 Å². The van der Waals surface area contributed by atoms with Gasteiger partial charge in [0.2, 0.25) is 0 Å². The molecule has 0 aromatic heterocycles. The zero-order valence-electron chi connectivity index (χ0n) is 13.5. The van der Waals surface area contributed by atoms with Gasteiger partial charge in [-0.05, 0) is 23.5 Å². The number of hydrogen-bond acceptors (Lipinski definition) is 0. The molecule has 2 rings (SSSR count). The van der Waals surface area contributed by atoms with Crippen molar-refractivity contribution < 1.29 is 0 Å². The van der Waals surface area contributed by atoms with Gasteiger partial charge in [-0.15, -0.1) is 0 Å². The third-order valence-electron chi connectivity index (χ3n) is 4.38. The Morgan fingerprint density at radius 2 is 1.38 bits per heavy atom. The quantitative estimate of drug-likeness (QED) is 0.581. The van der Waals surface area contributed by atoms with Crippen LogP contribution in [0.3, 0.4) is 0 Å². The lowest BCUT2D eigenvalue weighted by Gasteiger charge is -2.33. The van der Waals surface area contributed by atoms with E-state index >= 15 is 0 Å². The molecule has 0 N–H and O–H groups in total. The maximum atomic E-state index is 2.54. The summed E-state index contributed by atoms with van der Waals surface area (Å²) >= 11 is 0. The van der Waals surface area contributed by atoms with Crippen LogP contribution in [0.1, 0.15) is 51.2 Å². The molecule has 0 aliphatic heterocycles. The fourth-order valence-electron chi connectivity index (χ4n) is 3.11. The third kappa shape index (κ3) is 3.97. The van der Waals surface area contributed by atoms with Crippen LogP contribution in [0.15, 0.2) is 60.7 Å². The van der Waals surface area contributed by atoms with E-state index in [0.717, 1.165) is 0 Å². The monoisotopic (exact) mass is 279 g/mol. The molecule has 2 aromatic carbocycles. The molecule has 21 heavy (non-hydrogen) atoms. The molecule has 0 spiro atoms. The number of benzene rings is 2. The Morgan fingerprint density at radius 3 is 1.81 bits per heavy atom. The van der Waals surface area contributed by atoms with Crippen LogP contribution in [0.25, 0.3) is 0 Å². The molecule has 1 unspecified atom stereocenters. The van der Waals surface area contributed by atoms with E-state index in [-0.39, 0.29) is 5.41 Å². The Hall–Kier alpha value is -1.56. The van der Waals surface area contributed by atoms with Crippen molar-refractivity contribution >= 4 is 0 Å². The van der Waals surface area contributed by atoms with E-state index in [1.165, 1.54) is 30.4 Å². The Balaban J connectivity index is 2.31. The van der Waals surface area contributed by atoms with E-state index in [2.05, 4.69) is 87.9 Å². The first-order valence-electron chi connectivity index (χ1n) is 8.14. The number of hydrogen-bond donors (Lipinski definition) is 0. The van der Waals surface area contributed by atoms with Crippen molar-refractivity contribution in [1.29, 1.82) is 0 Å². The molecule has 111 valence electrons. The molecule has 2 aromatic rings. The average molecular weight is 279 g/mol. The largest absolute Gasteiger partial charge is 0.0654 e. The van der Waals surface area contributed by atoms with Crippen LogP contribution in [0.4, 0.5) is 0 Å². The van der Waals surface area contributed by atoms with E-state index in [4.69, 9.17) is 0 Å². The summed E-state index contributed by atoms with van der Waals surface area (Å²) in [6, 6.07) is 21.7. The molecule has 0 bridgehead atoms. The fraction of sp³-hybridized carbons (Fsp3) is 0.381. The molecule has 1 radical (unpaired) electrons. The molecule has 0 amide bonds. The molecular weight excluding hydrogens is 252 g/mol. The van der Waals surface area contributed by atoms with Gasteiger partial charge in [0, 0.05) is 5.41 Å². The van der Waals surface area contributed by atoms with Gasteiger partial charge in [-0.3, -0.25) is 0 Å². The van der Waals surface area contributed by atoms with Crippen molar-refractivity contribution in [3.8, 4) is 0 Å². The maximum absolute atomic E-state index is 2.54. The summed E-state index contributed by atoms with van der Waals surface area (Å²) in [7, 11) is 0. The van der Waals surface area contributed by atoms with E-state index < -0.39 is 0 Å². The molecule has 0 heterocycles. The lowest BCUT2D eigenvalue weighted by atomic mass is 9.70. The highest BCUT2D eigenvalue weighted by Crippen LogP contribution is 2.37. The third-order valence-corrected chi connectivity index (χ3v) is 4.38. The first-order valence-corrected chi connectivity index (χ1v) is 8.14. The zero-order valence-corrected chi connectivity index (χ0v) is 13.5. The van der Waals surface area contributed by atoms with E-state index in [9.17, 15) is 0 Å². The summed E-state index contributed by atoms with van der Waals surface area (Å²) in [6.45, 7) is 6.96. The van der Waals surface area contributed by atoms with Crippen molar-refractivity contribution in [3.63, 3.8) is 0 Å². The van der Waals surface area contributed by atoms with Gasteiger partial charge in [-0.1, -0.05) is 101 Å². The van der Waals surface area contributed by atoms with Crippen molar-refractivity contribution in [2.45, 2.75) is 45.4 Å². The van der Waals surface area contributed by atoms with Gasteiger partial charge in [0.25, 0.3) is 0 Å². The van der Waals surface area contributed by atoms with Crippen LogP contribution < -0.4 is 0 Å². The predicted molar refractivity (Wildman–Crippen MR) is 92.3 cm³/mol. The van der Waals surface area contributed by atoms with Crippen molar-refractivity contribution in [1.82, 2.24) is 0 Å². The SMILES string of the molecule is CCCCC(C)[CH]C(C)(c1ccccc1)c1ccccc1. The highest BCUT2D eigenvalue weighted by molar-refractivity contribution is 5.41. The van der Waals surface area contributed by atoms with Crippen molar-refractivity contribution in [3.05, 3.63) is 78.2 Å². The lowest BCUT2D eigenvalue weighted by Crippen LogP contribution is -2.27. The normalized spacial score (nSPS) is 13.1. The van der Waals surface area contributed by atoms with Crippen LogP contribution in [0.5, 0.6) is 0 Å². The second-order valence-electron chi connectivity index (χ2n) is 6.22. The summed E-state index contributed by atoms with van der Waals surface area (Å²) in [5.41, 5.74) is 2.73.